The molecule has 0 fully saturated rings. The number of nitrogens with zero attached hydrogens (tertiary/aromatic N) is 1. The number of benzene rings is 2. The predicted molar refractivity (Wildman–Crippen MR) is 103 cm³/mol. The van der Waals surface area contributed by atoms with Gasteiger partial charge < -0.3 is 5.32 Å². The zero-order valence-electron chi connectivity index (χ0n) is 15.0. The first-order valence-electron chi connectivity index (χ1n) is 8.55. The van der Waals surface area contributed by atoms with Gasteiger partial charge in [-0.25, -0.2) is 8.42 Å². The number of carbonyl (C=O) groups excluding carboxylic acids is 1. The second-order valence-corrected chi connectivity index (χ2v) is 8.51. The maximum Gasteiger partial charge on any atom is 0.269 e. The molecule has 0 spiro atoms. The van der Waals surface area contributed by atoms with Crippen LogP contribution < -0.4 is 5.32 Å². The van der Waals surface area contributed by atoms with Crippen molar-refractivity contribution >= 4 is 21.4 Å². The van der Waals surface area contributed by atoms with E-state index in [0.717, 1.165) is 5.56 Å². The minimum atomic E-state index is -3.52. The molecule has 1 N–H and O–H groups in total. The summed E-state index contributed by atoms with van der Waals surface area (Å²) in [5.41, 5.74) is 1.51. The van der Waals surface area contributed by atoms with Gasteiger partial charge in [0.1, 0.15) is 5.75 Å². The molecule has 2 aromatic carbocycles. The highest BCUT2D eigenvalue weighted by Crippen LogP contribution is 2.19. The van der Waals surface area contributed by atoms with E-state index in [1.165, 1.54) is 18.2 Å². The lowest BCUT2D eigenvalue weighted by atomic mass is 10.1. The quantitative estimate of drug-likeness (QED) is 0.523. The van der Waals surface area contributed by atoms with Crippen LogP contribution in [0.4, 0.5) is 5.69 Å². The van der Waals surface area contributed by atoms with Crippen LogP contribution in [0, 0.1) is 10.1 Å². The van der Waals surface area contributed by atoms with Crippen LogP contribution in [0.3, 0.4) is 0 Å². The van der Waals surface area contributed by atoms with Crippen molar-refractivity contribution in [3.8, 4) is 0 Å². The standard InChI is InChI=1S/C19H22N2O5S/c1-15(17-10-5-11-18(13-17)21(23)24)20-19(22)14-27(25,26)12-6-9-16-7-3-2-4-8-16/h2-5,7-8,10-11,13,15H,6,9,12,14H2,1H3,(H,20,22). The maximum atomic E-state index is 12.1. The molecule has 7 nitrogen and oxygen atoms in total. The third-order valence-corrected chi connectivity index (χ3v) is 5.69. The molecule has 0 saturated heterocycles. The smallest absolute Gasteiger partial charge is 0.269 e. The average molecular weight is 390 g/mol. The normalized spacial score (nSPS) is 12.3. The molecule has 0 aliphatic carbocycles. The highest BCUT2D eigenvalue weighted by molar-refractivity contribution is 7.92. The zero-order valence-corrected chi connectivity index (χ0v) is 15.8. The lowest BCUT2D eigenvalue weighted by molar-refractivity contribution is -0.384. The summed E-state index contributed by atoms with van der Waals surface area (Å²) >= 11 is 0. The molecule has 0 aliphatic heterocycles. The van der Waals surface area contributed by atoms with Gasteiger partial charge in [0, 0.05) is 12.1 Å². The van der Waals surface area contributed by atoms with E-state index in [1.54, 1.807) is 13.0 Å². The molecular weight excluding hydrogens is 368 g/mol. The number of hydrogen-bond donors (Lipinski definition) is 1. The first kappa shape index (κ1) is 20.6. The van der Waals surface area contributed by atoms with E-state index in [2.05, 4.69) is 5.32 Å². The number of sulfone groups is 1. The van der Waals surface area contributed by atoms with Crippen LogP contribution >= 0.6 is 0 Å². The minimum absolute atomic E-state index is 0.0689. The van der Waals surface area contributed by atoms with E-state index < -0.39 is 32.5 Å². The van der Waals surface area contributed by atoms with Gasteiger partial charge in [0.25, 0.3) is 5.69 Å². The second kappa shape index (κ2) is 9.27. The van der Waals surface area contributed by atoms with Crippen molar-refractivity contribution in [3.63, 3.8) is 0 Å². The minimum Gasteiger partial charge on any atom is -0.349 e. The molecule has 1 amide bonds. The summed E-state index contributed by atoms with van der Waals surface area (Å²) in [4.78, 5) is 22.4. The van der Waals surface area contributed by atoms with Crippen molar-refractivity contribution in [2.24, 2.45) is 0 Å². The molecule has 0 aromatic heterocycles. The number of aryl methyl sites for hydroxylation is 1. The fraction of sp³-hybridized carbons (Fsp3) is 0.316. The van der Waals surface area contributed by atoms with Gasteiger partial charge in [-0.05, 0) is 30.9 Å². The Morgan fingerprint density at radius 1 is 1.15 bits per heavy atom. The lowest BCUT2D eigenvalue weighted by Gasteiger charge is -2.14. The van der Waals surface area contributed by atoms with Crippen LogP contribution in [0.15, 0.2) is 54.6 Å². The Labute approximate surface area is 158 Å². The Bertz CT molecular complexity index is 897. The fourth-order valence-electron chi connectivity index (χ4n) is 2.69. The van der Waals surface area contributed by atoms with Gasteiger partial charge in [-0.2, -0.15) is 0 Å². The number of nitro groups is 1. The molecule has 1 unspecified atom stereocenters. The number of carbonyl (C=O) groups is 1. The van der Waals surface area contributed by atoms with Crippen molar-refractivity contribution in [2.75, 3.05) is 11.5 Å². The topological polar surface area (TPSA) is 106 Å². The Hall–Kier alpha value is -2.74. The summed E-state index contributed by atoms with van der Waals surface area (Å²) in [6, 6.07) is 14.9. The summed E-state index contributed by atoms with van der Waals surface area (Å²) < 4.78 is 24.3. The maximum absolute atomic E-state index is 12.1. The Morgan fingerprint density at radius 2 is 1.85 bits per heavy atom. The van der Waals surface area contributed by atoms with E-state index in [-0.39, 0.29) is 11.4 Å². The monoisotopic (exact) mass is 390 g/mol. The average Bonchev–Trinajstić information content (AvgIpc) is 2.62. The number of amides is 1. The summed E-state index contributed by atoms with van der Waals surface area (Å²) in [6.07, 6.45) is 1.08. The van der Waals surface area contributed by atoms with Gasteiger partial charge in [0.05, 0.1) is 16.7 Å². The molecular formula is C19H22N2O5S. The highest BCUT2D eigenvalue weighted by Gasteiger charge is 2.19. The molecule has 27 heavy (non-hydrogen) atoms. The van der Waals surface area contributed by atoms with Crippen LogP contribution in [0.2, 0.25) is 0 Å². The highest BCUT2D eigenvalue weighted by atomic mass is 32.2. The van der Waals surface area contributed by atoms with Crippen LogP contribution in [0.25, 0.3) is 0 Å². The summed E-state index contributed by atoms with van der Waals surface area (Å²) in [6.45, 7) is 1.65. The van der Waals surface area contributed by atoms with E-state index in [9.17, 15) is 23.3 Å². The molecule has 8 heteroatoms. The summed E-state index contributed by atoms with van der Waals surface area (Å²) in [5, 5.41) is 13.4. The Kier molecular flexibility index (Phi) is 7.06. The molecule has 0 aliphatic rings. The number of hydrogen-bond acceptors (Lipinski definition) is 5. The van der Waals surface area contributed by atoms with Crippen molar-refractivity contribution in [3.05, 3.63) is 75.8 Å². The van der Waals surface area contributed by atoms with Crippen molar-refractivity contribution in [1.29, 1.82) is 0 Å². The van der Waals surface area contributed by atoms with Crippen LogP contribution in [0.1, 0.15) is 30.5 Å². The molecule has 2 aromatic rings. The third-order valence-electron chi connectivity index (χ3n) is 4.07. The van der Waals surface area contributed by atoms with Gasteiger partial charge in [-0.1, -0.05) is 42.5 Å². The van der Waals surface area contributed by atoms with Crippen molar-refractivity contribution in [2.45, 2.75) is 25.8 Å². The first-order valence-corrected chi connectivity index (χ1v) is 10.4. The number of nitrogens with one attached hydrogen (secondary N) is 1. The van der Waals surface area contributed by atoms with Gasteiger partial charge in [0.15, 0.2) is 9.84 Å². The molecule has 0 heterocycles. The first-order chi connectivity index (χ1) is 12.8. The van der Waals surface area contributed by atoms with Crippen LogP contribution in [0.5, 0.6) is 0 Å². The SMILES string of the molecule is CC(NC(=O)CS(=O)(=O)CCCc1ccccc1)c1cccc([N+](=O)[O-])c1. The number of non-ortho nitro benzene ring substituents is 1. The van der Waals surface area contributed by atoms with E-state index in [1.807, 2.05) is 30.3 Å². The lowest BCUT2D eigenvalue weighted by Crippen LogP contribution is -2.33. The largest absolute Gasteiger partial charge is 0.349 e. The number of rotatable bonds is 9. The van der Waals surface area contributed by atoms with Crippen LogP contribution in [-0.2, 0) is 21.1 Å². The Morgan fingerprint density at radius 3 is 2.52 bits per heavy atom. The third kappa shape index (κ3) is 6.82. The van der Waals surface area contributed by atoms with Gasteiger partial charge in [0.2, 0.25) is 5.91 Å². The Balaban J connectivity index is 1.86. The predicted octanol–water partition coefficient (Wildman–Crippen LogP) is 2.82. The molecule has 1 atom stereocenters. The molecule has 144 valence electrons. The second-order valence-electron chi connectivity index (χ2n) is 6.32. The van der Waals surface area contributed by atoms with Crippen molar-refractivity contribution in [1.82, 2.24) is 5.32 Å². The van der Waals surface area contributed by atoms with E-state index >= 15 is 0 Å². The summed E-state index contributed by atoms with van der Waals surface area (Å²) in [7, 11) is -3.52. The summed E-state index contributed by atoms with van der Waals surface area (Å²) in [5.74, 6) is -1.28. The van der Waals surface area contributed by atoms with Crippen molar-refractivity contribution < 1.29 is 18.1 Å². The fourth-order valence-corrected chi connectivity index (χ4v) is 3.90. The zero-order chi connectivity index (χ0) is 19.9. The molecule has 0 bridgehead atoms. The van der Waals surface area contributed by atoms with Gasteiger partial charge >= 0.3 is 0 Å². The van der Waals surface area contributed by atoms with E-state index in [0.29, 0.717) is 18.4 Å². The molecule has 0 radical (unpaired) electrons. The number of nitro benzene ring substituents is 1. The molecule has 2 rings (SSSR count). The van der Waals surface area contributed by atoms with Gasteiger partial charge in [-0.15, -0.1) is 0 Å². The molecule has 0 saturated carbocycles. The van der Waals surface area contributed by atoms with Crippen LogP contribution in [-0.4, -0.2) is 30.8 Å². The van der Waals surface area contributed by atoms with E-state index in [4.69, 9.17) is 0 Å². The van der Waals surface area contributed by atoms with Gasteiger partial charge in [-0.3, -0.25) is 14.9 Å².